The Bertz CT molecular complexity index is 659. The Balaban J connectivity index is 1.68. The van der Waals surface area contributed by atoms with Gasteiger partial charge in [-0.3, -0.25) is 0 Å². The number of hydrogen-bond donors (Lipinski definition) is 4. The lowest BCUT2D eigenvalue weighted by Gasteiger charge is -2.52. The van der Waals surface area contributed by atoms with Crippen molar-refractivity contribution in [3.63, 3.8) is 0 Å². The van der Waals surface area contributed by atoms with E-state index in [0.717, 1.165) is 0 Å². The maximum atomic E-state index is 11.5. The van der Waals surface area contributed by atoms with Gasteiger partial charge in [0.05, 0.1) is 24.4 Å². The largest absolute Gasteiger partial charge is 0.396 e. The van der Waals surface area contributed by atoms with Gasteiger partial charge in [0.2, 0.25) is 0 Å². The predicted molar refractivity (Wildman–Crippen MR) is 100 cm³/mol. The zero-order valence-corrected chi connectivity index (χ0v) is 18.0. The van der Waals surface area contributed by atoms with Gasteiger partial charge in [-0.2, -0.15) is 0 Å². The second-order valence-corrected chi connectivity index (χ2v) is 10.9. The van der Waals surface area contributed by atoms with E-state index in [4.69, 9.17) is 14.2 Å². The standard InChI is InChI=1S/C21H36O7/c1-10(8-22)14(23)21(25)13(17(21,3)4)12-11(2)19(7,24)16-20(15(12)27-20)9-26-18(5,6)28-16/h10-16,22-25H,8-9H2,1-7H3/t10-,11?,12+,13+,14+,15-,16-,19-,20-,21+/m0/s1. The first-order valence-corrected chi connectivity index (χ1v) is 10.4. The summed E-state index contributed by atoms with van der Waals surface area (Å²) < 4.78 is 18.2. The number of aliphatic hydroxyl groups is 4. The van der Waals surface area contributed by atoms with Gasteiger partial charge in [-0.25, -0.2) is 0 Å². The molecule has 0 aromatic carbocycles. The van der Waals surface area contributed by atoms with E-state index in [1.54, 1.807) is 13.8 Å². The number of ether oxygens (including phenoxy) is 3. The Hall–Kier alpha value is -0.280. The summed E-state index contributed by atoms with van der Waals surface area (Å²) in [5.41, 5.74) is -3.81. The van der Waals surface area contributed by atoms with Crippen LogP contribution >= 0.6 is 0 Å². The minimum atomic E-state index is -1.35. The van der Waals surface area contributed by atoms with E-state index in [1.165, 1.54) is 0 Å². The summed E-state index contributed by atoms with van der Waals surface area (Å²) in [6.45, 7) is 13.1. The van der Waals surface area contributed by atoms with Crippen LogP contribution in [0.25, 0.3) is 0 Å². The quantitative estimate of drug-likeness (QED) is 0.513. The van der Waals surface area contributed by atoms with Crippen LogP contribution in [0, 0.1) is 29.1 Å². The normalized spacial score (nSPS) is 55.6. The van der Waals surface area contributed by atoms with Crippen LogP contribution in [0.2, 0.25) is 0 Å². The molecule has 0 amide bonds. The maximum Gasteiger partial charge on any atom is 0.163 e. The highest BCUT2D eigenvalue weighted by Crippen LogP contribution is 2.74. The molecule has 2 heterocycles. The van der Waals surface area contributed by atoms with Gasteiger partial charge in [-0.1, -0.05) is 27.7 Å². The van der Waals surface area contributed by atoms with Crippen LogP contribution in [-0.2, 0) is 14.2 Å². The Morgan fingerprint density at radius 2 is 1.68 bits per heavy atom. The van der Waals surface area contributed by atoms with Gasteiger partial charge in [-0.15, -0.1) is 0 Å². The third-order valence-corrected chi connectivity index (χ3v) is 8.50. The van der Waals surface area contributed by atoms with Crippen molar-refractivity contribution in [1.82, 2.24) is 0 Å². The minimum Gasteiger partial charge on any atom is -0.396 e. The smallest absolute Gasteiger partial charge is 0.163 e. The first-order valence-electron chi connectivity index (χ1n) is 10.4. The molecular formula is C21H36O7. The maximum absolute atomic E-state index is 11.5. The fourth-order valence-electron chi connectivity index (χ4n) is 6.37. The van der Waals surface area contributed by atoms with E-state index < -0.39 is 46.1 Å². The summed E-state index contributed by atoms with van der Waals surface area (Å²) in [5, 5.41) is 43.3. The average molecular weight is 401 g/mol. The van der Waals surface area contributed by atoms with Gasteiger partial charge in [0.1, 0.15) is 17.3 Å². The molecule has 4 aliphatic rings. The van der Waals surface area contributed by atoms with E-state index in [-0.39, 0.29) is 30.5 Å². The van der Waals surface area contributed by atoms with Gasteiger partial charge < -0.3 is 34.6 Å². The zero-order chi connectivity index (χ0) is 21.1. The molecule has 7 heteroatoms. The fourth-order valence-corrected chi connectivity index (χ4v) is 6.37. The number of rotatable bonds is 4. The molecule has 2 aliphatic heterocycles. The summed E-state index contributed by atoms with van der Waals surface area (Å²) in [5.74, 6) is -1.90. The average Bonchev–Trinajstić information content (AvgIpc) is 3.43. The molecule has 7 nitrogen and oxygen atoms in total. The molecule has 0 aromatic rings. The summed E-state index contributed by atoms with van der Waals surface area (Å²) >= 11 is 0. The second kappa shape index (κ2) is 5.69. The van der Waals surface area contributed by atoms with Gasteiger partial charge in [0, 0.05) is 23.9 Å². The van der Waals surface area contributed by atoms with Crippen LogP contribution < -0.4 is 0 Å². The van der Waals surface area contributed by atoms with Crippen molar-refractivity contribution in [2.45, 2.75) is 89.4 Å². The zero-order valence-electron chi connectivity index (χ0n) is 18.0. The van der Waals surface area contributed by atoms with E-state index >= 15 is 0 Å². The molecule has 4 N–H and O–H groups in total. The highest BCUT2D eigenvalue weighted by Gasteiger charge is 2.85. The van der Waals surface area contributed by atoms with E-state index in [9.17, 15) is 20.4 Å². The summed E-state index contributed by atoms with van der Waals surface area (Å²) in [6, 6.07) is 0. The highest BCUT2D eigenvalue weighted by atomic mass is 16.8. The van der Waals surface area contributed by atoms with Gasteiger partial charge in [0.15, 0.2) is 5.79 Å². The predicted octanol–water partition coefficient (Wildman–Crippen LogP) is 0.669. The van der Waals surface area contributed by atoms with Crippen molar-refractivity contribution in [2.75, 3.05) is 13.2 Å². The first kappa shape index (κ1) is 21.0. The molecule has 2 saturated carbocycles. The molecule has 1 spiro atoms. The molecule has 2 saturated heterocycles. The lowest BCUT2D eigenvalue weighted by Crippen LogP contribution is -2.68. The van der Waals surface area contributed by atoms with E-state index in [1.807, 2.05) is 34.6 Å². The molecule has 0 aromatic heterocycles. The van der Waals surface area contributed by atoms with Gasteiger partial charge >= 0.3 is 0 Å². The Kier molecular flexibility index (Phi) is 4.26. The van der Waals surface area contributed by atoms with Crippen LogP contribution in [0.1, 0.15) is 48.5 Å². The lowest BCUT2D eigenvalue weighted by molar-refractivity contribution is -0.336. The molecule has 162 valence electrons. The van der Waals surface area contributed by atoms with E-state index in [0.29, 0.717) is 6.61 Å². The van der Waals surface area contributed by atoms with Gasteiger partial charge in [0.25, 0.3) is 0 Å². The van der Waals surface area contributed by atoms with Crippen molar-refractivity contribution in [3.8, 4) is 0 Å². The molecule has 4 rings (SSSR count). The summed E-state index contributed by atoms with van der Waals surface area (Å²) in [4.78, 5) is 0. The van der Waals surface area contributed by atoms with Crippen molar-refractivity contribution in [3.05, 3.63) is 0 Å². The van der Waals surface area contributed by atoms with Crippen LogP contribution in [0.4, 0.5) is 0 Å². The van der Waals surface area contributed by atoms with Crippen LogP contribution in [0.15, 0.2) is 0 Å². The molecule has 2 aliphatic carbocycles. The van der Waals surface area contributed by atoms with Crippen molar-refractivity contribution >= 4 is 0 Å². The van der Waals surface area contributed by atoms with Crippen LogP contribution in [0.3, 0.4) is 0 Å². The minimum absolute atomic E-state index is 0.166. The highest BCUT2D eigenvalue weighted by molar-refractivity contribution is 5.32. The Morgan fingerprint density at radius 3 is 2.25 bits per heavy atom. The molecule has 0 bridgehead atoms. The fraction of sp³-hybridized carbons (Fsp3) is 1.00. The number of aliphatic hydroxyl groups excluding tert-OH is 2. The second-order valence-electron chi connectivity index (χ2n) is 10.9. The first-order chi connectivity index (χ1) is 12.7. The third kappa shape index (κ3) is 2.35. The Morgan fingerprint density at radius 1 is 1.07 bits per heavy atom. The topological polar surface area (TPSA) is 112 Å². The molecule has 0 radical (unpaired) electrons. The molecule has 1 unspecified atom stereocenters. The van der Waals surface area contributed by atoms with E-state index in [2.05, 4.69) is 0 Å². The molecule has 10 atom stereocenters. The monoisotopic (exact) mass is 400 g/mol. The van der Waals surface area contributed by atoms with Crippen molar-refractivity contribution < 1.29 is 34.6 Å². The summed E-state index contributed by atoms with van der Waals surface area (Å²) in [6.07, 6.45) is -1.78. The Labute approximate surface area is 167 Å². The molecule has 4 fully saturated rings. The van der Waals surface area contributed by atoms with Crippen molar-refractivity contribution in [2.24, 2.45) is 29.1 Å². The van der Waals surface area contributed by atoms with Gasteiger partial charge in [-0.05, 0) is 32.6 Å². The van der Waals surface area contributed by atoms with Crippen LogP contribution in [-0.4, -0.2) is 74.5 Å². The van der Waals surface area contributed by atoms with Crippen molar-refractivity contribution in [1.29, 1.82) is 0 Å². The third-order valence-electron chi connectivity index (χ3n) is 8.50. The summed E-state index contributed by atoms with van der Waals surface area (Å²) in [7, 11) is 0. The van der Waals surface area contributed by atoms with Crippen LogP contribution in [0.5, 0.6) is 0 Å². The molecule has 28 heavy (non-hydrogen) atoms. The SMILES string of the molecule is CC1[C@H]([C@@H]2C(C)(C)[C@]2(O)[C@H](O)[C@@H](C)CO)[C@@H]2O[C@@]23COC(C)(C)O[C@H]3[C@@]1(C)O. The number of hydrogen-bond acceptors (Lipinski definition) is 7. The molecular weight excluding hydrogens is 364 g/mol. The number of epoxide rings is 1. The lowest BCUT2D eigenvalue weighted by atomic mass is 9.62.